The second-order valence-electron chi connectivity index (χ2n) is 9.26. The van der Waals surface area contributed by atoms with Crippen molar-refractivity contribution in [2.45, 2.75) is 78.1 Å². The van der Waals surface area contributed by atoms with E-state index >= 15 is 0 Å². The Morgan fingerprint density at radius 1 is 1.27 bits per heavy atom. The summed E-state index contributed by atoms with van der Waals surface area (Å²) in [6.45, 7) is 11.3. The Bertz CT molecular complexity index is 730. The van der Waals surface area contributed by atoms with Crippen molar-refractivity contribution >= 4 is 5.97 Å². The number of carbonyl (C=O) groups is 1. The van der Waals surface area contributed by atoms with Crippen LogP contribution in [0.1, 0.15) is 82.9 Å². The maximum atomic E-state index is 12.0. The van der Waals surface area contributed by atoms with E-state index in [1.165, 1.54) is 31.9 Å². The van der Waals surface area contributed by atoms with Gasteiger partial charge in [0.25, 0.3) is 0 Å². The molecule has 0 bridgehead atoms. The van der Waals surface area contributed by atoms with Gasteiger partial charge in [0.05, 0.1) is 7.11 Å². The fraction of sp³-hybridized carbons (Fsp3) is 0.625. The third kappa shape index (κ3) is 3.12. The Morgan fingerprint density at radius 2 is 2.00 bits per heavy atom. The van der Waals surface area contributed by atoms with Gasteiger partial charge in [-0.05, 0) is 72.0 Å². The molecule has 1 fully saturated rings. The Hall–Kier alpha value is -1.57. The molecule has 0 heterocycles. The number of fused-ring (bicyclic) bond motifs is 3. The Balaban J connectivity index is 2.02. The van der Waals surface area contributed by atoms with Gasteiger partial charge in [0.2, 0.25) is 0 Å². The van der Waals surface area contributed by atoms with Crippen molar-refractivity contribution < 1.29 is 9.53 Å². The van der Waals surface area contributed by atoms with Crippen LogP contribution in [0.2, 0.25) is 0 Å². The van der Waals surface area contributed by atoms with E-state index in [9.17, 15) is 4.79 Å². The van der Waals surface area contributed by atoms with Crippen molar-refractivity contribution in [1.29, 1.82) is 0 Å². The van der Waals surface area contributed by atoms with E-state index in [0.29, 0.717) is 11.8 Å². The molecule has 0 radical (unpaired) electrons. The summed E-state index contributed by atoms with van der Waals surface area (Å²) in [4.78, 5) is 12.0. The van der Waals surface area contributed by atoms with Crippen LogP contribution in [0.25, 0.3) is 0 Å². The third-order valence-electron chi connectivity index (χ3n) is 7.14. The number of aryl methyl sites for hydroxylation is 1. The molecule has 2 aliphatic rings. The molecular weight excluding hydrogens is 320 g/mol. The summed E-state index contributed by atoms with van der Waals surface area (Å²) < 4.78 is 4.94. The first-order chi connectivity index (χ1) is 12.2. The lowest BCUT2D eigenvalue weighted by Gasteiger charge is -2.55. The fourth-order valence-electron chi connectivity index (χ4n) is 5.81. The van der Waals surface area contributed by atoms with Gasteiger partial charge in [-0.2, -0.15) is 0 Å². The average molecular weight is 355 g/mol. The molecule has 1 aromatic carbocycles. The van der Waals surface area contributed by atoms with Crippen LogP contribution in [0.15, 0.2) is 29.8 Å². The van der Waals surface area contributed by atoms with Gasteiger partial charge < -0.3 is 4.74 Å². The predicted octanol–water partition coefficient (Wildman–Crippen LogP) is 5.94. The largest absolute Gasteiger partial charge is 0.466 e. The number of rotatable bonds is 3. The maximum Gasteiger partial charge on any atom is 0.333 e. The van der Waals surface area contributed by atoms with E-state index in [1.54, 1.807) is 11.1 Å². The number of methoxy groups -OCH3 is 1. The van der Waals surface area contributed by atoms with Crippen molar-refractivity contribution in [3.63, 3.8) is 0 Å². The van der Waals surface area contributed by atoms with E-state index in [4.69, 9.17) is 4.74 Å². The predicted molar refractivity (Wildman–Crippen MR) is 107 cm³/mol. The molecular formula is C24H34O2. The van der Waals surface area contributed by atoms with Crippen LogP contribution in [0.4, 0.5) is 0 Å². The molecule has 2 heteroatoms. The van der Waals surface area contributed by atoms with Gasteiger partial charge >= 0.3 is 5.97 Å². The summed E-state index contributed by atoms with van der Waals surface area (Å²) in [7, 11) is 1.47. The average Bonchev–Trinajstić information content (AvgIpc) is 2.60. The Kier molecular flexibility index (Phi) is 5.07. The highest BCUT2D eigenvalue weighted by Crippen LogP contribution is 2.58. The lowest BCUT2D eigenvalue weighted by atomic mass is 9.49. The Morgan fingerprint density at radius 3 is 2.65 bits per heavy atom. The Labute approximate surface area is 159 Å². The van der Waals surface area contributed by atoms with E-state index in [1.807, 2.05) is 6.92 Å². The quantitative estimate of drug-likeness (QED) is 0.496. The molecule has 0 aromatic heterocycles. The second kappa shape index (κ2) is 6.87. The molecule has 1 aromatic rings. The molecule has 3 atom stereocenters. The minimum absolute atomic E-state index is 0.0552. The van der Waals surface area contributed by atoms with Crippen molar-refractivity contribution in [2.24, 2.45) is 11.3 Å². The molecule has 2 aliphatic carbocycles. The summed E-state index contributed by atoms with van der Waals surface area (Å²) in [6.07, 6.45) is 8.17. The summed E-state index contributed by atoms with van der Waals surface area (Å²) in [5.41, 5.74) is 5.55. The molecule has 2 nitrogen and oxygen atoms in total. The minimum Gasteiger partial charge on any atom is -0.466 e. The molecule has 0 aliphatic heterocycles. The first kappa shape index (κ1) is 19.2. The molecule has 3 rings (SSSR count). The first-order valence-corrected chi connectivity index (χ1v) is 10.1. The van der Waals surface area contributed by atoms with Crippen molar-refractivity contribution in [3.8, 4) is 0 Å². The van der Waals surface area contributed by atoms with Gasteiger partial charge in [-0.25, -0.2) is 4.79 Å². The van der Waals surface area contributed by atoms with Gasteiger partial charge in [-0.15, -0.1) is 0 Å². The van der Waals surface area contributed by atoms with Gasteiger partial charge in [-0.1, -0.05) is 58.4 Å². The summed E-state index contributed by atoms with van der Waals surface area (Å²) in [6, 6.07) is 7.18. The standard InChI is InChI=1S/C24H34O2/c1-16(2)18-8-10-20-19(14-18)9-11-21-23(4,12-7-13-24(20,21)5)15-17(3)22(25)26-6/h8,10,14-16,21H,7,9,11-13H2,1-6H3/b17-15+/t21-,23+,24+/m0/s1. The summed E-state index contributed by atoms with van der Waals surface area (Å²) in [5.74, 6) is 0.949. The van der Waals surface area contributed by atoms with Crippen LogP contribution >= 0.6 is 0 Å². The van der Waals surface area contributed by atoms with Crippen LogP contribution in [-0.2, 0) is 21.4 Å². The molecule has 1 saturated carbocycles. The van der Waals surface area contributed by atoms with Gasteiger partial charge in [0.1, 0.15) is 0 Å². The third-order valence-corrected chi connectivity index (χ3v) is 7.14. The molecule has 0 saturated heterocycles. The summed E-state index contributed by atoms with van der Waals surface area (Å²) >= 11 is 0. The molecule has 0 spiro atoms. The van der Waals surface area contributed by atoms with Crippen molar-refractivity contribution in [3.05, 3.63) is 46.5 Å². The van der Waals surface area contributed by atoms with E-state index in [-0.39, 0.29) is 16.8 Å². The minimum atomic E-state index is -0.198. The van der Waals surface area contributed by atoms with Crippen LogP contribution in [-0.4, -0.2) is 13.1 Å². The highest BCUT2D eigenvalue weighted by molar-refractivity contribution is 5.87. The number of hydrogen-bond acceptors (Lipinski definition) is 2. The van der Waals surface area contributed by atoms with Crippen LogP contribution in [0, 0.1) is 11.3 Å². The van der Waals surface area contributed by atoms with E-state index in [2.05, 4.69) is 52.0 Å². The van der Waals surface area contributed by atoms with Crippen molar-refractivity contribution in [1.82, 2.24) is 0 Å². The second-order valence-corrected chi connectivity index (χ2v) is 9.26. The monoisotopic (exact) mass is 354 g/mol. The van der Waals surface area contributed by atoms with Crippen LogP contribution in [0.5, 0.6) is 0 Å². The zero-order valence-electron chi connectivity index (χ0n) is 17.3. The van der Waals surface area contributed by atoms with Gasteiger partial charge in [0.15, 0.2) is 0 Å². The first-order valence-electron chi connectivity index (χ1n) is 10.1. The van der Waals surface area contributed by atoms with E-state index in [0.717, 1.165) is 18.4 Å². The van der Waals surface area contributed by atoms with Gasteiger partial charge in [0, 0.05) is 5.57 Å². The molecule has 0 unspecified atom stereocenters. The maximum absolute atomic E-state index is 12.0. The summed E-state index contributed by atoms with van der Waals surface area (Å²) in [5, 5.41) is 0. The highest BCUT2D eigenvalue weighted by atomic mass is 16.5. The molecule has 26 heavy (non-hydrogen) atoms. The van der Waals surface area contributed by atoms with E-state index < -0.39 is 0 Å². The zero-order valence-corrected chi connectivity index (χ0v) is 17.3. The number of allylic oxidation sites excluding steroid dienone is 1. The van der Waals surface area contributed by atoms with Crippen molar-refractivity contribution in [2.75, 3.05) is 7.11 Å². The smallest absolute Gasteiger partial charge is 0.333 e. The number of esters is 1. The zero-order chi connectivity index (χ0) is 19.1. The van der Waals surface area contributed by atoms with Crippen LogP contribution in [0.3, 0.4) is 0 Å². The lowest BCUT2D eigenvalue weighted by molar-refractivity contribution is -0.136. The normalized spacial score (nSPS) is 31.3. The molecule has 142 valence electrons. The van der Waals surface area contributed by atoms with Gasteiger partial charge in [-0.3, -0.25) is 0 Å². The van der Waals surface area contributed by atoms with Crippen LogP contribution < -0.4 is 0 Å². The number of ether oxygens (including phenoxy) is 1. The number of benzene rings is 1. The fourth-order valence-corrected chi connectivity index (χ4v) is 5.81. The molecule has 0 N–H and O–H groups in total. The number of carbonyl (C=O) groups excluding carboxylic acids is 1. The molecule has 0 amide bonds. The number of hydrogen-bond donors (Lipinski definition) is 0. The SMILES string of the molecule is COC(=O)/C(C)=C/[C@@]1(C)CCC[C@]2(C)c3ccc(C(C)C)cc3CC[C@@H]12. The topological polar surface area (TPSA) is 26.3 Å². The lowest BCUT2D eigenvalue weighted by Crippen LogP contribution is -2.48. The highest BCUT2D eigenvalue weighted by Gasteiger charge is 2.50.